The third kappa shape index (κ3) is 4.98. The zero-order chi connectivity index (χ0) is 19.1. The fourth-order valence-electron chi connectivity index (χ4n) is 2.83. The molecule has 27 heavy (non-hydrogen) atoms. The molecule has 142 valence electrons. The Morgan fingerprint density at radius 3 is 2.63 bits per heavy atom. The fraction of sp³-hybridized carbons (Fsp3) is 0.300. The van der Waals surface area contributed by atoms with Gasteiger partial charge in [0, 0.05) is 13.7 Å². The first-order valence-electron chi connectivity index (χ1n) is 8.80. The summed E-state index contributed by atoms with van der Waals surface area (Å²) >= 11 is 0. The Labute approximate surface area is 158 Å². The number of nitrogens with zero attached hydrogens (tertiary/aromatic N) is 1. The van der Waals surface area contributed by atoms with Crippen LogP contribution >= 0.6 is 0 Å². The zero-order valence-corrected chi connectivity index (χ0v) is 15.5. The van der Waals surface area contributed by atoms with Gasteiger partial charge >= 0.3 is 6.03 Å². The molecule has 0 spiro atoms. The van der Waals surface area contributed by atoms with Gasteiger partial charge in [0.1, 0.15) is 11.6 Å². The topological polar surface area (TPSA) is 88.3 Å². The lowest BCUT2D eigenvalue weighted by Crippen LogP contribution is -2.40. The number of para-hydroxylation sites is 2. The van der Waals surface area contributed by atoms with Crippen LogP contribution in [-0.2, 0) is 11.2 Å². The van der Waals surface area contributed by atoms with Crippen molar-refractivity contribution in [1.29, 1.82) is 0 Å². The molecule has 3 rings (SSSR count). The van der Waals surface area contributed by atoms with Gasteiger partial charge in [-0.2, -0.15) is 0 Å². The number of carbonyl (C=O) groups is 1. The summed E-state index contributed by atoms with van der Waals surface area (Å²) in [4.78, 5) is 20.2. The molecule has 1 aromatic heterocycles. The molecule has 1 unspecified atom stereocenters. The Morgan fingerprint density at radius 2 is 1.93 bits per heavy atom. The molecule has 0 aliphatic heterocycles. The van der Waals surface area contributed by atoms with Gasteiger partial charge in [0.2, 0.25) is 0 Å². The van der Waals surface area contributed by atoms with E-state index in [2.05, 4.69) is 20.6 Å². The summed E-state index contributed by atoms with van der Waals surface area (Å²) < 4.78 is 10.2. The second-order valence-corrected chi connectivity index (χ2v) is 6.14. The molecule has 1 heterocycles. The van der Waals surface area contributed by atoms with Crippen LogP contribution in [0.5, 0.6) is 5.75 Å². The molecule has 0 radical (unpaired) electrons. The number of amides is 2. The third-order valence-electron chi connectivity index (χ3n) is 4.23. The first-order chi connectivity index (χ1) is 13.2. The number of methoxy groups -OCH3 is 2. The Hall–Kier alpha value is -3.06. The summed E-state index contributed by atoms with van der Waals surface area (Å²) in [6, 6.07) is 15.0. The summed E-state index contributed by atoms with van der Waals surface area (Å²) in [5, 5.41) is 5.78. The van der Waals surface area contributed by atoms with Crippen LogP contribution in [0.4, 0.5) is 4.79 Å². The van der Waals surface area contributed by atoms with Crippen molar-refractivity contribution in [2.75, 3.05) is 27.4 Å². The number of aromatic nitrogens is 2. The van der Waals surface area contributed by atoms with E-state index >= 15 is 0 Å². The minimum atomic E-state index is -0.298. The Bertz CT molecular complexity index is 843. The normalized spacial score (nSPS) is 11.9. The number of urea groups is 1. The van der Waals surface area contributed by atoms with Crippen LogP contribution in [-0.4, -0.2) is 43.4 Å². The number of rotatable bonds is 8. The molecular weight excluding hydrogens is 344 g/mol. The largest absolute Gasteiger partial charge is 0.497 e. The maximum absolute atomic E-state index is 12.3. The van der Waals surface area contributed by atoms with Crippen molar-refractivity contribution in [2.45, 2.75) is 12.5 Å². The van der Waals surface area contributed by atoms with Crippen LogP contribution in [0.1, 0.15) is 17.4 Å². The van der Waals surface area contributed by atoms with Gasteiger partial charge in [-0.15, -0.1) is 0 Å². The minimum absolute atomic E-state index is 0.258. The summed E-state index contributed by atoms with van der Waals surface area (Å²) in [6.45, 7) is 0.902. The molecular formula is C20H24N4O3. The quantitative estimate of drug-likeness (QED) is 0.534. The molecule has 7 nitrogen and oxygen atoms in total. The maximum Gasteiger partial charge on any atom is 0.315 e. The number of hydrogen-bond acceptors (Lipinski definition) is 4. The van der Waals surface area contributed by atoms with Crippen molar-refractivity contribution in [3.63, 3.8) is 0 Å². The highest BCUT2D eigenvalue weighted by molar-refractivity contribution is 5.76. The van der Waals surface area contributed by atoms with E-state index in [0.29, 0.717) is 25.4 Å². The highest BCUT2D eigenvalue weighted by Gasteiger charge is 2.19. The molecule has 0 saturated carbocycles. The molecule has 1 atom stereocenters. The average Bonchev–Trinajstić information content (AvgIpc) is 3.12. The maximum atomic E-state index is 12.3. The van der Waals surface area contributed by atoms with Crippen LogP contribution in [0, 0.1) is 0 Å². The highest BCUT2D eigenvalue weighted by Crippen LogP contribution is 2.21. The second-order valence-electron chi connectivity index (χ2n) is 6.14. The van der Waals surface area contributed by atoms with E-state index in [1.165, 1.54) is 0 Å². The van der Waals surface area contributed by atoms with Gasteiger partial charge in [-0.3, -0.25) is 0 Å². The van der Waals surface area contributed by atoms with Gasteiger partial charge in [0.15, 0.2) is 0 Å². The van der Waals surface area contributed by atoms with Gasteiger partial charge in [-0.1, -0.05) is 24.3 Å². The predicted molar refractivity (Wildman–Crippen MR) is 104 cm³/mol. The Morgan fingerprint density at radius 1 is 1.15 bits per heavy atom. The lowest BCUT2D eigenvalue weighted by atomic mass is 10.1. The first kappa shape index (κ1) is 18.7. The Kier molecular flexibility index (Phi) is 6.27. The molecule has 3 N–H and O–H groups in total. The molecule has 3 aromatic rings. The van der Waals surface area contributed by atoms with Crippen molar-refractivity contribution < 1.29 is 14.3 Å². The average molecular weight is 368 g/mol. The first-order valence-corrected chi connectivity index (χ1v) is 8.80. The molecule has 0 fully saturated rings. The number of ether oxygens (including phenoxy) is 2. The summed E-state index contributed by atoms with van der Waals surface area (Å²) in [5.41, 5.74) is 2.88. The molecule has 0 aliphatic rings. The van der Waals surface area contributed by atoms with Crippen molar-refractivity contribution in [2.24, 2.45) is 0 Å². The van der Waals surface area contributed by atoms with Gasteiger partial charge in [0.25, 0.3) is 0 Å². The molecule has 2 amide bonds. The van der Waals surface area contributed by atoms with E-state index in [-0.39, 0.29) is 12.1 Å². The minimum Gasteiger partial charge on any atom is -0.497 e. The smallest absolute Gasteiger partial charge is 0.315 e. The number of hydrogen-bond donors (Lipinski definition) is 3. The van der Waals surface area contributed by atoms with Crippen LogP contribution in [0.3, 0.4) is 0 Å². The monoisotopic (exact) mass is 368 g/mol. The summed E-state index contributed by atoms with van der Waals surface area (Å²) in [6.07, 6.45) is 0.599. The highest BCUT2D eigenvalue weighted by atomic mass is 16.5. The van der Waals surface area contributed by atoms with E-state index in [0.717, 1.165) is 22.3 Å². The van der Waals surface area contributed by atoms with Crippen molar-refractivity contribution in [1.82, 2.24) is 20.6 Å². The van der Waals surface area contributed by atoms with Crippen LogP contribution in [0.25, 0.3) is 11.0 Å². The van der Waals surface area contributed by atoms with Crippen LogP contribution < -0.4 is 15.4 Å². The van der Waals surface area contributed by atoms with Crippen molar-refractivity contribution in [3.8, 4) is 5.75 Å². The van der Waals surface area contributed by atoms with E-state index in [4.69, 9.17) is 9.47 Å². The van der Waals surface area contributed by atoms with E-state index < -0.39 is 0 Å². The molecule has 0 bridgehead atoms. The second kappa shape index (κ2) is 9.05. The van der Waals surface area contributed by atoms with Gasteiger partial charge in [0.05, 0.1) is 30.8 Å². The number of benzene rings is 2. The summed E-state index contributed by atoms with van der Waals surface area (Å²) in [7, 11) is 3.23. The number of carbonyl (C=O) groups excluding carboxylic acids is 1. The molecule has 0 aliphatic carbocycles. The van der Waals surface area contributed by atoms with Crippen molar-refractivity contribution in [3.05, 3.63) is 59.9 Å². The fourth-order valence-corrected chi connectivity index (χ4v) is 2.83. The Balaban J connectivity index is 1.79. The lowest BCUT2D eigenvalue weighted by Gasteiger charge is -2.17. The summed E-state index contributed by atoms with van der Waals surface area (Å²) in [5.74, 6) is 1.51. The van der Waals surface area contributed by atoms with Gasteiger partial charge in [-0.05, 0) is 36.2 Å². The number of imidazole rings is 1. The van der Waals surface area contributed by atoms with E-state index in [1.807, 2.05) is 48.5 Å². The van der Waals surface area contributed by atoms with Gasteiger partial charge < -0.3 is 25.1 Å². The van der Waals surface area contributed by atoms with Crippen LogP contribution in [0.2, 0.25) is 0 Å². The number of nitrogens with one attached hydrogen (secondary N) is 3. The van der Waals surface area contributed by atoms with Crippen molar-refractivity contribution >= 4 is 17.1 Å². The number of aromatic amines is 1. The third-order valence-corrected chi connectivity index (χ3v) is 4.23. The molecule has 2 aromatic carbocycles. The predicted octanol–water partition coefficient (Wildman–Crippen LogP) is 2.80. The molecule has 0 saturated heterocycles. The zero-order valence-electron chi connectivity index (χ0n) is 15.5. The standard InChI is InChI=1S/C20H24N4O3/c1-26-12-11-21-20(25)24-18(13-14-7-9-15(27-2)10-8-14)19-22-16-5-3-4-6-17(16)23-19/h3-10,18H,11-13H2,1-2H3,(H,22,23)(H2,21,24,25). The van der Waals surface area contributed by atoms with E-state index in [9.17, 15) is 4.79 Å². The number of fused-ring (bicyclic) bond motifs is 1. The van der Waals surface area contributed by atoms with Gasteiger partial charge in [-0.25, -0.2) is 9.78 Å². The van der Waals surface area contributed by atoms with E-state index in [1.54, 1.807) is 14.2 Å². The van der Waals surface area contributed by atoms with Crippen LogP contribution in [0.15, 0.2) is 48.5 Å². The number of H-pyrrole nitrogens is 1. The lowest BCUT2D eigenvalue weighted by molar-refractivity contribution is 0.195. The molecule has 7 heteroatoms. The SMILES string of the molecule is COCCNC(=O)NC(Cc1ccc(OC)cc1)c1nc2ccccc2[nH]1.